The molecular formula is C9H16O3. The quantitative estimate of drug-likeness (QED) is 0.648. The van der Waals surface area contributed by atoms with Crippen molar-refractivity contribution in [2.24, 2.45) is 5.92 Å². The molecule has 0 aromatic carbocycles. The summed E-state index contributed by atoms with van der Waals surface area (Å²) in [5.74, 6) is -0.0347. The lowest BCUT2D eigenvalue weighted by atomic mass is 10.0. The highest BCUT2D eigenvalue weighted by Crippen LogP contribution is 2.28. The van der Waals surface area contributed by atoms with Crippen molar-refractivity contribution in [2.75, 3.05) is 6.61 Å². The van der Waals surface area contributed by atoms with Crippen molar-refractivity contribution in [1.29, 1.82) is 0 Å². The highest BCUT2D eigenvalue weighted by Gasteiger charge is 2.27. The van der Waals surface area contributed by atoms with Crippen LogP contribution < -0.4 is 0 Å². The van der Waals surface area contributed by atoms with Gasteiger partial charge in [-0.2, -0.15) is 0 Å². The van der Waals surface area contributed by atoms with Crippen molar-refractivity contribution in [3.05, 3.63) is 0 Å². The minimum Gasteiger partial charge on any atom is -0.466 e. The van der Waals surface area contributed by atoms with E-state index in [4.69, 9.17) is 4.74 Å². The molecule has 1 aliphatic carbocycles. The molecule has 1 N–H and O–H groups in total. The average molecular weight is 172 g/mol. The molecule has 0 saturated heterocycles. The van der Waals surface area contributed by atoms with Gasteiger partial charge in [0.2, 0.25) is 0 Å². The molecule has 2 atom stereocenters. The second-order valence-corrected chi connectivity index (χ2v) is 3.27. The zero-order valence-corrected chi connectivity index (χ0v) is 7.45. The highest BCUT2D eigenvalue weighted by molar-refractivity contribution is 5.69. The molecule has 0 aliphatic heterocycles. The largest absolute Gasteiger partial charge is 0.466 e. The Hall–Kier alpha value is -0.570. The lowest BCUT2D eigenvalue weighted by molar-refractivity contribution is -0.145. The van der Waals surface area contributed by atoms with Gasteiger partial charge in [-0.1, -0.05) is 6.42 Å². The molecule has 0 aromatic heterocycles. The van der Waals surface area contributed by atoms with Gasteiger partial charge in [-0.25, -0.2) is 0 Å². The number of hydrogen-bond acceptors (Lipinski definition) is 3. The summed E-state index contributed by atoms with van der Waals surface area (Å²) in [5.41, 5.74) is 0. The van der Waals surface area contributed by atoms with Crippen LogP contribution in [0.1, 0.15) is 32.6 Å². The van der Waals surface area contributed by atoms with E-state index in [9.17, 15) is 9.90 Å². The molecule has 0 aromatic rings. The van der Waals surface area contributed by atoms with Crippen molar-refractivity contribution in [1.82, 2.24) is 0 Å². The maximum Gasteiger partial charge on any atom is 0.306 e. The summed E-state index contributed by atoms with van der Waals surface area (Å²) in [4.78, 5) is 11.0. The first kappa shape index (κ1) is 9.52. The van der Waals surface area contributed by atoms with Gasteiger partial charge in [0.15, 0.2) is 0 Å². The third kappa shape index (κ3) is 2.48. The summed E-state index contributed by atoms with van der Waals surface area (Å²) < 4.78 is 4.80. The van der Waals surface area contributed by atoms with Crippen molar-refractivity contribution >= 4 is 5.97 Å². The van der Waals surface area contributed by atoms with Crippen LogP contribution in [0, 0.1) is 5.92 Å². The number of rotatable bonds is 3. The summed E-state index contributed by atoms with van der Waals surface area (Å²) in [5, 5.41) is 9.40. The Labute approximate surface area is 72.7 Å². The van der Waals surface area contributed by atoms with Crippen LogP contribution in [0.4, 0.5) is 0 Å². The highest BCUT2D eigenvalue weighted by atomic mass is 16.5. The van der Waals surface area contributed by atoms with E-state index < -0.39 is 0 Å². The van der Waals surface area contributed by atoms with Crippen molar-refractivity contribution in [2.45, 2.75) is 38.7 Å². The fourth-order valence-corrected chi connectivity index (χ4v) is 1.69. The number of ether oxygens (including phenoxy) is 1. The van der Waals surface area contributed by atoms with E-state index in [-0.39, 0.29) is 18.0 Å². The molecule has 1 fully saturated rings. The molecule has 1 aliphatic rings. The minimum absolute atomic E-state index is 0.143. The van der Waals surface area contributed by atoms with E-state index in [1.54, 1.807) is 6.92 Å². The molecule has 0 spiro atoms. The topological polar surface area (TPSA) is 46.5 Å². The third-order valence-corrected chi connectivity index (χ3v) is 2.35. The van der Waals surface area contributed by atoms with Crippen LogP contribution in [0.5, 0.6) is 0 Å². The number of aliphatic hydroxyl groups excluding tert-OH is 1. The van der Waals surface area contributed by atoms with Crippen LogP contribution in [-0.4, -0.2) is 23.8 Å². The van der Waals surface area contributed by atoms with Gasteiger partial charge in [-0.15, -0.1) is 0 Å². The standard InChI is InChI=1S/C9H16O3/c1-2-12-9(11)6-7-4-3-5-8(7)10/h7-8,10H,2-6H2,1H3/t7-,8-/m0/s1. The Morgan fingerprint density at radius 1 is 1.58 bits per heavy atom. The number of carbonyl (C=O) groups is 1. The van der Waals surface area contributed by atoms with Gasteiger partial charge in [0.1, 0.15) is 0 Å². The van der Waals surface area contributed by atoms with Crippen LogP contribution in [0.25, 0.3) is 0 Å². The Balaban J connectivity index is 2.25. The first-order valence-corrected chi connectivity index (χ1v) is 4.57. The van der Waals surface area contributed by atoms with Crippen LogP contribution in [0.2, 0.25) is 0 Å². The Kier molecular flexibility index (Phi) is 3.53. The van der Waals surface area contributed by atoms with Crippen LogP contribution in [0.15, 0.2) is 0 Å². The summed E-state index contributed by atoms with van der Waals surface area (Å²) in [6.07, 6.45) is 2.93. The molecule has 1 saturated carbocycles. The Morgan fingerprint density at radius 3 is 2.83 bits per heavy atom. The SMILES string of the molecule is CCOC(=O)C[C@@H]1CCC[C@@H]1O. The number of carbonyl (C=O) groups excluding carboxylic acids is 1. The van der Waals surface area contributed by atoms with Gasteiger partial charge in [0, 0.05) is 0 Å². The molecule has 1 rings (SSSR count). The van der Waals surface area contributed by atoms with Crippen molar-refractivity contribution in [3.63, 3.8) is 0 Å². The van der Waals surface area contributed by atoms with E-state index in [0.29, 0.717) is 13.0 Å². The number of aliphatic hydroxyl groups is 1. The van der Waals surface area contributed by atoms with E-state index >= 15 is 0 Å². The average Bonchev–Trinajstić information content (AvgIpc) is 2.37. The summed E-state index contributed by atoms with van der Waals surface area (Å²) in [6, 6.07) is 0. The second kappa shape index (κ2) is 4.45. The zero-order chi connectivity index (χ0) is 8.97. The lowest BCUT2D eigenvalue weighted by Crippen LogP contribution is -2.18. The fourth-order valence-electron chi connectivity index (χ4n) is 1.69. The molecule has 0 bridgehead atoms. The predicted molar refractivity (Wildman–Crippen MR) is 44.6 cm³/mol. The van der Waals surface area contributed by atoms with Crippen LogP contribution in [0.3, 0.4) is 0 Å². The summed E-state index contributed by atoms with van der Waals surface area (Å²) in [7, 11) is 0. The first-order valence-electron chi connectivity index (χ1n) is 4.57. The Bertz CT molecular complexity index is 156. The predicted octanol–water partition coefficient (Wildman–Crippen LogP) is 1.10. The molecule has 0 radical (unpaired) electrons. The lowest BCUT2D eigenvalue weighted by Gasteiger charge is -2.12. The van der Waals surface area contributed by atoms with Gasteiger partial charge in [-0.3, -0.25) is 4.79 Å². The first-order chi connectivity index (χ1) is 5.74. The smallest absolute Gasteiger partial charge is 0.306 e. The normalized spacial score (nSPS) is 28.8. The van der Waals surface area contributed by atoms with Crippen molar-refractivity contribution < 1.29 is 14.6 Å². The maximum absolute atomic E-state index is 11.0. The van der Waals surface area contributed by atoms with Gasteiger partial charge in [0.25, 0.3) is 0 Å². The fraction of sp³-hybridized carbons (Fsp3) is 0.889. The molecule has 3 heteroatoms. The van der Waals surface area contributed by atoms with Crippen LogP contribution >= 0.6 is 0 Å². The second-order valence-electron chi connectivity index (χ2n) is 3.27. The zero-order valence-electron chi connectivity index (χ0n) is 7.45. The summed E-state index contributed by atoms with van der Waals surface area (Å²) >= 11 is 0. The maximum atomic E-state index is 11.0. The van der Waals surface area contributed by atoms with Gasteiger partial charge in [-0.05, 0) is 25.7 Å². The Morgan fingerprint density at radius 2 is 2.33 bits per heavy atom. The molecule has 0 heterocycles. The number of hydrogen-bond donors (Lipinski definition) is 1. The van der Waals surface area contributed by atoms with E-state index in [1.807, 2.05) is 0 Å². The van der Waals surface area contributed by atoms with E-state index in [2.05, 4.69) is 0 Å². The molecule has 0 amide bonds. The number of esters is 1. The molecule has 3 nitrogen and oxygen atoms in total. The van der Waals surface area contributed by atoms with Gasteiger partial charge >= 0.3 is 5.97 Å². The molecular weight excluding hydrogens is 156 g/mol. The minimum atomic E-state index is -0.283. The summed E-state index contributed by atoms with van der Waals surface area (Å²) in [6.45, 7) is 2.23. The third-order valence-electron chi connectivity index (χ3n) is 2.35. The monoisotopic (exact) mass is 172 g/mol. The van der Waals surface area contributed by atoms with Gasteiger partial charge in [0.05, 0.1) is 19.1 Å². The molecule has 0 unspecified atom stereocenters. The molecule has 12 heavy (non-hydrogen) atoms. The van der Waals surface area contributed by atoms with E-state index in [1.165, 1.54) is 0 Å². The van der Waals surface area contributed by atoms with Crippen LogP contribution in [-0.2, 0) is 9.53 Å². The van der Waals surface area contributed by atoms with Crippen molar-refractivity contribution in [3.8, 4) is 0 Å². The molecule has 70 valence electrons. The van der Waals surface area contributed by atoms with E-state index in [0.717, 1.165) is 19.3 Å². The van der Waals surface area contributed by atoms with Gasteiger partial charge < -0.3 is 9.84 Å².